The lowest BCUT2D eigenvalue weighted by molar-refractivity contribution is 0.0800. The second kappa shape index (κ2) is 13.6. The lowest BCUT2D eigenvalue weighted by atomic mass is 9.97. The van der Waals surface area contributed by atoms with Gasteiger partial charge < -0.3 is 20.3 Å². The standard InChI is InChI=1S/C32H38N4O3/c1-4-24-8-10-26(11-9-24)22-39-32(38)36-16-13-25(14-17-36)20-35-31(37)29-12-15-33-30(19-29)34-21-27-6-5-7-28(18-27)23(2)3/h5-12,15,18-19,25H,2,4,13-14,16-17,20-22H2,1,3H3,(H,33,34)(H,35,37). The second-order valence-corrected chi connectivity index (χ2v) is 10.1. The monoisotopic (exact) mass is 526 g/mol. The van der Waals surface area contributed by atoms with Crippen molar-refractivity contribution in [2.45, 2.75) is 46.3 Å². The van der Waals surface area contributed by atoms with Gasteiger partial charge >= 0.3 is 6.09 Å². The van der Waals surface area contributed by atoms with Crippen LogP contribution in [0.1, 0.15) is 59.3 Å². The summed E-state index contributed by atoms with van der Waals surface area (Å²) < 4.78 is 5.51. The number of likely N-dealkylation sites (tertiary alicyclic amines) is 1. The van der Waals surface area contributed by atoms with Crippen LogP contribution in [-0.4, -0.2) is 41.5 Å². The van der Waals surface area contributed by atoms with E-state index in [0.29, 0.717) is 43.5 Å². The zero-order valence-electron chi connectivity index (χ0n) is 22.9. The highest BCUT2D eigenvalue weighted by atomic mass is 16.6. The number of carbonyl (C=O) groups excluding carboxylic acids is 2. The maximum absolute atomic E-state index is 12.8. The van der Waals surface area contributed by atoms with Gasteiger partial charge in [-0.25, -0.2) is 9.78 Å². The Morgan fingerprint density at radius 3 is 2.46 bits per heavy atom. The van der Waals surface area contributed by atoms with E-state index >= 15 is 0 Å². The van der Waals surface area contributed by atoms with E-state index in [-0.39, 0.29) is 18.6 Å². The molecule has 1 aliphatic heterocycles. The molecule has 1 aromatic heterocycles. The number of aromatic nitrogens is 1. The molecule has 2 amide bonds. The Morgan fingerprint density at radius 1 is 1.00 bits per heavy atom. The van der Waals surface area contributed by atoms with Crippen molar-refractivity contribution in [2.24, 2.45) is 5.92 Å². The van der Waals surface area contributed by atoms with Crippen LogP contribution in [0.3, 0.4) is 0 Å². The minimum Gasteiger partial charge on any atom is -0.445 e. The van der Waals surface area contributed by atoms with E-state index in [1.54, 1.807) is 23.2 Å². The average Bonchev–Trinajstić information content (AvgIpc) is 2.98. The van der Waals surface area contributed by atoms with Gasteiger partial charge in [-0.05, 0) is 72.6 Å². The molecule has 0 spiro atoms. The van der Waals surface area contributed by atoms with Crippen molar-refractivity contribution in [3.8, 4) is 0 Å². The molecule has 3 aromatic rings. The minimum atomic E-state index is -0.278. The third-order valence-electron chi connectivity index (χ3n) is 7.13. The second-order valence-electron chi connectivity index (χ2n) is 10.1. The maximum Gasteiger partial charge on any atom is 0.410 e. The van der Waals surface area contributed by atoms with Crippen LogP contribution in [0, 0.1) is 5.92 Å². The number of ether oxygens (including phenoxy) is 1. The van der Waals surface area contributed by atoms with Crippen LogP contribution in [-0.2, 0) is 24.3 Å². The molecule has 0 atom stereocenters. The highest BCUT2D eigenvalue weighted by Gasteiger charge is 2.24. The summed E-state index contributed by atoms with van der Waals surface area (Å²) in [6.45, 7) is 10.8. The molecule has 7 heteroatoms. The zero-order valence-corrected chi connectivity index (χ0v) is 22.9. The zero-order chi connectivity index (χ0) is 27.6. The lowest BCUT2D eigenvalue weighted by Gasteiger charge is -2.31. The number of nitrogens with one attached hydrogen (secondary N) is 2. The average molecular weight is 527 g/mol. The van der Waals surface area contributed by atoms with Crippen molar-refractivity contribution < 1.29 is 14.3 Å². The van der Waals surface area contributed by atoms with Gasteiger partial charge in [0.05, 0.1) is 0 Å². The van der Waals surface area contributed by atoms with Gasteiger partial charge in [0.25, 0.3) is 5.91 Å². The molecule has 0 unspecified atom stereocenters. The molecule has 0 aliphatic carbocycles. The predicted molar refractivity (Wildman–Crippen MR) is 155 cm³/mol. The molecule has 2 N–H and O–H groups in total. The number of nitrogens with zero attached hydrogens (tertiary/aromatic N) is 2. The van der Waals surface area contributed by atoms with Gasteiger partial charge in [0, 0.05) is 37.9 Å². The van der Waals surface area contributed by atoms with Gasteiger partial charge in [0.15, 0.2) is 0 Å². The van der Waals surface area contributed by atoms with E-state index in [1.807, 2.05) is 37.3 Å². The van der Waals surface area contributed by atoms with Crippen LogP contribution >= 0.6 is 0 Å². The first-order valence-electron chi connectivity index (χ1n) is 13.6. The third-order valence-corrected chi connectivity index (χ3v) is 7.13. The first kappa shape index (κ1) is 27.9. The quantitative estimate of drug-likeness (QED) is 0.335. The minimum absolute atomic E-state index is 0.124. The van der Waals surface area contributed by atoms with Crippen LogP contribution in [0.4, 0.5) is 10.6 Å². The maximum atomic E-state index is 12.8. The van der Waals surface area contributed by atoms with Crippen molar-refractivity contribution in [1.82, 2.24) is 15.2 Å². The fourth-order valence-corrected chi connectivity index (χ4v) is 4.57. The van der Waals surface area contributed by atoms with E-state index in [1.165, 1.54) is 5.56 Å². The summed E-state index contributed by atoms with van der Waals surface area (Å²) in [5.41, 5.74) is 6.07. The predicted octanol–water partition coefficient (Wildman–Crippen LogP) is 6.07. The van der Waals surface area contributed by atoms with E-state index in [4.69, 9.17) is 4.74 Å². The van der Waals surface area contributed by atoms with Gasteiger partial charge in [-0.3, -0.25) is 4.79 Å². The molecular formula is C32H38N4O3. The van der Waals surface area contributed by atoms with Crippen molar-refractivity contribution in [3.63, 3.8) is 0 Å². The number of amides is 2. The molecule has 7 nitrogen and oxygen atoms in total. The number of hydrogen-bond donors (Lipinski definition) is 2. The molecule has 1 aliphatic rings. The van der Waals surface area contributed by atoms with Crippen molar-refractivity contribution in [3.05, 3.63) is 101 Å². The number of anilines is 1. The van der Waals surface area contributed by atoms with Crippen LogP contribution in [0.15, 0.2) is 73.4 Å². The number of rotatable bonds is 10. The first-order valence-corrected chi connectivity index (χ1v) is 13.6. The van der Waals surface area contributed by atoms with Gasteiger partial charge in [0.1, 0.15) is 12.4 Å². The summed E-state index contributed by atoms with van der Waals surface area (Å²) in [6, 6.07) is 19.8. The SMILES string of the molecule is C=C(C)c1cccc(CNc2cc(C(=O)NCC3CCN(C(=O)OCc4ccc(CC)cc4)CC3)ccn2)c1. The number of aryl methyl sites for hydroxylation is 1. The number of pyridine rings is 1. The summed E-state index contributed by atoms with van der Waals surface area (Å²) in [7, 11) is 0. The van der Waals surface area contributed by atoms with Crippen molar-refractivity contribution >= 4 is 23.4 Å². The molecule has 0 radical (unpaired) electrons. The molecule has 0 bridgehead atoms. The molecule has 39 heavy (non-hydrogen) atoms. The fourth-order valence-electron chi connectivity index (χ4n) is 4.57. The van der Waals surface area contributed by atoms with Crippen LogP contribution in [0.2, 0.25) is 0 Å². The lowest BCUT2D eigenvalue weighted by Crippen LogP contribution is -2.41. The van der Waals surface area contributed by atoms with Gasteiger partial charge in [-0.2, -0.15) is 0 Å². The Labute approximate surface area is 231 Å². The van der Waals surface area contributed by atoms with Crippen LogP contribution in [0.25, 0.3) is 5.57 Å². The summed E-state index contributed by atoms with van der Waals surface area (Å²) >= 11 is 0. The van der Waals surface area contributed by atoms with E-state index in [0.717, 1.165) is 41.5 Å². The normalized spacial score (nSPS) is 13.5. The number of benzene rings is 2. The highest BCUT2D eigenvalue weighted by molar-refractivity contribution is 5.94. The molecule has 4 rings (SSSR count). The number of allylic oxidation sites excluding steroid dienone is 1. The highest BCUT2D eigenvalue weighted by Crippen LogP contribution is 2.19. The largest absolute Gasteiger partial charge is 0.445 e. The van der Waals surface area contributed by atoms with E-state index in [2.05, 4.69) is 47.3 Å². The molecule has 1 fully saturated rings. The van der Waals surface area contributed by atoms with E-state index < -0.39 is 0 Å². The Balaban J connectivity index is 1.18. The summed E-state index contributed by atoms with van der Waals surface area (Å²) in [4.78, 5) is 31.4. The molecule has 2 heterocycles. The van der Waals surface area contributed by atoms with E-state index in [9.17, 15) is 9.59 Å². The number of hydrogen-bond acceptors (Lipinski definition) is 5. The molecule has 0 saturated carbocycles. The van der Waals surface area contributed by atoms with Crippen LogP contribution < -0.4 is 10.6 Å². The Kier molecular flexibility index (Phi) is 9.73. The fraction of sp³-hybridized carbons (Fsp3) is 0.344. The molecule has 2 aromatic carbocycles. The molecule has 1 saturated heterocycles. The molecule has 204 valence electrons. The summed E-state index contributed by atoms with van der Waals surface area (Å²) in [6.07, 6.45) is 4.01. The van der Waals surface area contributed by atoms with Gasteiger partial charge in [0.2, 0.25) is 0 Å². The van der Waals surface area contributed by atoms with Crippen molar-refractivity contribution in [1.29, 1.82) is 0 Å². The Morgan fingerprint density at radius 2 is 1.74 bits per heavy atom. The molecular weight excluding hydrogens is 488 g/mol. The summed E-state index contributed by atoms with van der Waals surface area (Å²) in [5, 5.41) is 6.35. The Bertz CT molecular complexity index is 1280. The first-order chi connectivity index (χ1) is 18.9. The number of piperidine rings is 1. The van der Waals surface area contributed by atoms with Gasteiger partial charge in [-0.1, -0.05) is 61.5 Å². The topological polar surface area (TPSA) is 83.6 Å². The van der Waals surface area contributed by atoms with Crippen LogP contribution in [0.5, 0.6) is 0 Å². The third kappa shape index (κ3) is 8.18. The van der Waals surface area contributed by atoms with Gasteiger partial charge in [-0.15, -0.1) is 0 Å². The summed E-state index contributed by atoms with van der Waals surface area (Å²) in [5.74, 6) is 0.844. The smallest absolute Gasteiger partial charge is 0.410 e. The number of carbonyl (C=O) groups is 2. The Hall–Kier alpha value is -4.13. The van der Waals surface area contributed by atoms with Crippen molar-refractivity contribution in [2.75, 3.05) is 25.0 Å².